The summed E-state index contributed by atoms with van der Waals surface area (Å²) in [6.07, 6.45) is 3.29. The first-order valence-corrected chi connectivity index (χ1v) is 11.8. The van der Waals surface area contributed by atoms with Crippen molar-refractivity contribution in [2.24, 2.45) is 16.8 Å². The molecule has 2 N–H and O–H groups in total. The van der Waals surface area contributed by atoms with Crippen LogP contribution < -0.4 is 10.6 Å². The SMILES string of the molecule is CCNC(=NCC(C)CN1CCN(CC)CC1)NCCCOCC1CCOCC1.I. The Labute approximate surface area is 201 Å². The van der Waals surface area contributed by atoms with Crippen LogP contribution in [0, 0.1) is 11.8 Å². The predicted molar refractivity (Wildman–Crippen MR) is 136 cm³/mol. The van der Waals surface area contributed by atoms with Crippen LogP contribution in [0.2, 0.25) is 0 Å². The van der Waals surface area contributed by atoms with Gasteiger partial charge in [0.1, 0.15) is 0 Å². The third-order valence-corrected chi connectivity index (χ3v) is 5.84. The van der Waals surface area contributed by atoms with E-state index >= 15 is 0 Å². The van der Waals surface area contributed by atoms with Gasteiger partial charge in [-0.1, -0.05) is 13.8 Å². The molecule has 2 heterocycles. The maximum absolute atomic E-state index is 5.85. The number of halogens is 1. The van der Waals surface area contributed by atoms with Gasteiger partial charge in [-0.05, 0) is 44.6 Å². The van der Waals surface area contributed by atoms with Gasteiger partial charge in [-0.25, -0.2) is 0 Å². The third-order valence-electron chi connectivity index (χ3n) is 5.84. The van der Waals surface area contributed by atoms with Crippen molar-refractivity contribution in [3.63, 3.8) is 0 Å². The smallest absolute Gasteiger partial charge is 0.191 e. The highest BCUT2D eigenvalue weighted by molar-refractivity contribution is 14.0. The average molecular weight is 540 g/mol. The number of rotatable bonds is 12. The molecule has 1 atom stereocenters. The molecule has 2 rings (SSSR count). The zero-order chi connectivity index (χ0) is 20.7. The monoisotopic (exact) mass is 539 g/mol. The summed E-state index contributed by atoms with van der Waals surface area (Å²) in [5, 5.41) is 6.81. The molecule has 0 radical (unpaired) electrons. The van der Waals surface area contributed by atoms with E-state index in [0.717, 1.165) is 77.8 Å². The Bertz CT molecular complexity index is 441. The highest BCUT2D eigenvalue weighted by Crippen LogP contribution is 2.14. The highest BCUT2D eigenvalue weighted by atomic mass is 127. The van der Waals surface area contributed by atoms with E-state index in [-0.39, 0.29) is 24.0 Å². The molecular formula is C22H46IN5O2. The van der Waals surface area contributed by atoms with Crippen molar-refractivity contribution in [2.75, 3.05) is 85.3 Å². The Morgan fingerprint density at radius 3 is 2.47 bits per heavy atom. The van der Waals surface area contributed by atoms with E-state index in [1.165, 1.54) is 32.7 Å². The first-order valence-electron chi connectivity index (χ1n) is 11.8. The molecule has 0 spiro atoms. The Morgan fingerprint density at radius 2 is 1.80 bits per heavy atom. The lowest BCUT2D eigenvalue weighted by Crippen LogP contribution is -2.47. The zero-order valence-electron chi connectivity index (χ0n) is 19.5. The summed E-state index contributed by atoms with van der Waals surface area (Å²) in [7, 11) is 0. The number of aliphatic imine (C=N–C) groups is 1. The Hall–Kier alpha value is -0.160. The average Bonchev–Trinajstić information content (AvgIpc) is 2.75. The van der Waals surface area contributed by atoms with E-state index < -0.39 is 0 Å². The van der Waals surface area contributed by atoms with E-state index in [1.54, 1.807) is 0 Å². The van der Waals surface area contributed by atoms with Crippen LogP contribution in [0.4, 0.5) is 0 Å². The molecule has 7 nitrogen and oxygen atoms in total. The summed E-state index contributed by atoms with van der Waals surface area (Å²) in [6.45, 7) is 19.9. The zero-order valence-corrected chi connectivity index (χ0v) is 21.9. The molecule has 0 aromatic heterocycles. The van der Waals surface area contributed by atoms with Crippen molar-refractivity contribution < 1.29 is 9.47 Å². The lowest BCUT2D eigenvalue weighted by molar-refractivity contribution is 0.0203. The highest BCUT2D eigenvalue weighted by Gasteiger charge is 2.17. The molecule has 8 heteroatoms. The maximum atomic E-state index is 5.85. The fourth-order valence-electron chi connectivity index (χ4n) is 3.92. The van der Waals surface area contributed by atoms with Crippen molar-refractivity contribution in [2.45, 2.75) is 40.0 Å². The van der Waals surface area contributed by atoms with Gasteiger partial charge in [-0.3, -0.25) is 4.99 Å². The Morgan fingerprint density at radius 1 is 1.10 bits per heavy atom. The summed E-state index contributed by atoms with van der Waals surface area (Å²) in [5.74, 6) is 2.18. The van der Waals surface area contributed by atoms with Crippen LogP contribution >= 0.6 is 24.0 Å². The molecule has 0 saturated carbocycles. The van der Waals surface area contributed by atoms with Gasteiger partial charge in [0.15, 0.2) is 5.96 Å². The maximum Gasteiger partial charge on any atom is 0.191 e. The molecule has 0 bridgehead atoms. The van der Waals surface area contributed by atoms with Crippen LogP contribution in [-0.4, -0.2) is 101 Å². The Balaban J connectivity index is 0.00000450. The normalized spacial score (nSPS) is 20.6. The molecule has 0 aromatic carbocycles. The fraction of sp³-hybridized carbons (Fsp3) is 0.955. The van der Waals surface area contributed by atoms with Gasteiger partial charge in [0.2, 0.25) is 0 Å². The van der Waals surface area contributed by atoms with Gasteiger partial charge in [0, 0.05) is 78.8 Å². The molecule has 0 aromatic rings. The molecule has 0 aliphatic carbocycles. The molecule has 2 fully saturated rings. The summed E-state index contributed by atoms with van der Waals surface area (Å²) in [6, 6.07) is 0. The molecule has 2 saturated heterocycles. The second kappa shape index (κ2) is 17.4. The van der Waals surface area contributed by atoms with Crippen molar-refractivity contribution in [1.82, 2.24) is 20.4 Å². The minimum absolute atomic E-state index is 0. The van der Waals surface area contributed by atoms with E-state index in [2.05, 4.69) is 41.2 Å². The molecule has 0 amide bonds. The standard InChI is InChI=1S/C22H45N5O2.HI/c1-4-23-22(24-9-6-14-29-19-21-7-15-28-16-8-21)25-17-20(3)18-27-12-10-26(5-2)11-13-27;/h20-21H,4-19H2,1-3H3,(H2,23,24,25);1H. The number of nitrogens with one attached hydrogen (secondary N) is 2. The fourth-order valence-corrected chi connectivity index (χ4v) is 3.92. The van der Waals surface area contributed by atoms with Gasteiger partial charge in [0.05, 0.1) is 0 Å². The first-order chi connectivity index (χ1) is 14.2. The molecule has 2 aliphatic rings. The number of hydrogen-bond acceptors (Lipinski definition) is 5. The minimum atomic E-state index is 0. The number of guanidine groups is 1. The minimum Gasteiger partial charge on any atom is -0.381 e. The lowest BCUT2D eigenvalue weighted by Gasteiger charge is -2.35. The quantitative estimate of drug-likeness (QED) is 0.172. The van der Waals surface area contributed by atoms with Crippen LogP contribution in [-0.2, 0) is 9.47 Å². The number of likely N-dealkylation sites (N-methyl/N-ethyl adjacent to an activating group) is 1. The molecule has 178 valence electrons. The van der Waals surface area contributed by atoms with Crippen LogP contribution in [0.1, 0.15) is 40.0 Å². The van der Waals surface area contributed by atoms with E-state index in [4.69, 9.17) is 14.5 Å². The van der Waals surface area contributed by atoms with Gasteiger partial charge in [-0.15, -0.1) is 24.0 Å². The van der Waals surface area contributed by atoms with E-state index in [1.807, 2.05) is 0 Å². The first kappa shape index (κ1) is 27.9. The van der Waals surface area contributed by atoms with Crippen LogP contribution in [0.5, 0.6) is 0 Å². The van der Waals surface area contributed by atoms with Gasteiger partial charge in [-0.2, -0.15) is 0 Å². The van der Waals surface area contributed by atoms with E-state index in [0.29, 0.717) is 11.8 Å². The molecule has 2 aliphatic heterocycles. The van der Waals surface area contributed by atoms with Crippen molar-refractivity contribution >= 4 is 29.9 Å². The topological polar surface area (TPSA) is 61.4 Å². The summed E-state index contributed by atoms with van der Waals surface area (Å²) >= 11 is 0. The number of piperazine rings is 1. The lowest BCUT2D eigenvalue weighted by atomic mass is 10.0. The Kier molecular flexibility index (Phi) is 16.2. The predicted octanol–water partition coefficient (Wildman–Crippen LogP) is 2.27. The third kappa shape index (κ3) is 12.0. The van der Waals surface area contributed by atoms with Crippen LogP contribution in [0.15, 0.2) is 4.99 Å². The van der Waals surface area contributed by atoms with Gasteiger partial charge in [0.25, 0.3) is 0 Å². The van der Waals surface area contributed by atoms with Crippen molar-refractivity contribution in [1.29, 1.82) is 0 Å². The number of hydrogen-bond donors (Lipinski definition) is 2. The van der Waals surface area contributed by atoms with Crippen LogP contribution in [0.3, 0.4) is 0 Å². The van der Waals surface area contributed by atoms with Gasteiger partial charge < -0.3 is 29.9 Å². The van der Waals surface area contributed by atoms with Crippen molar-refractivity contribution in [3.05, 3.63) is 0 Å². The second-order valence-corrected chi connectivity index (χ2v) is 8.47. The summed E-state index contributed by atoms with van der Waals surface area (Å²) < 4.78 is 11.2. The number of nitrogens with zero attached hydrogens (tertiary/aromatic N) is 3. The molecule has 1 unspecified atom stereocenters. The number of ether oxygens (including phenoxy) is 2. The largest absolute Gasteiger partial charge is 0.381 e. The van der Waals surface area contributed by atoms with Gasteiger partial charge >= 0.3 is 0 Å². The van der Waals surface area contributed by atoms with Crippen molar-refractivity contribution in [3.8, 4) is 0 Å². The summed E-state index contributed by atoms with van der Waals surface area (Å²) in [5.41, 5.74) is 0. The summed E-state index contributed by atoms with van der Waals surface area (Å²) in [4.78, 5) is 9.92. The molecular weight excluding hydrogens is 493 g/mol. The second-order valence-electron chi connectivity index (χ2n) is 8.47. The van der Waals surface area contributed by atoms with Crippen LogP contribution in [0.25, 0.3) is 0 Å². The molecule has 30 heavy (non-hydrogen) atoms. The van der Waals surface area contributed by atoms with E-state index in [9.17, 15) is 0 Å².